The van der Waals surface area contributed by atoms with Gasteiger partial charge in [0.25, 0.3) is 0 Å². The average Bonchev–Trinajstić information content (AvgIpc) is 1.59. The minimum absolute atomic E-state index is 0.945. The van der Waals surface area contributed by atoms with Crippen molar-refractivity contribution in [3.05, 3.63) is 0 Å². The van der Waals surface area contributed by atoms with Crippen molar-refractivity contribution in [2.45, 2.75) is 0 Å². The highest BCUT2D eigenvalue weighted by atomic mass is 31.2. The smallest absolute Gasteiger partial charge is 0.303 e. The fraction of sp³-hybridized carbons (Fsp3) is 1.00. The van der Waals surface area contributed by atoms with Crippen LogP contribution >= 0.6 is 15.6 Å². The van der Waals surface area contributed by atoms with Crippen LogP contribution in [0.2, 0.25) is 0 Å². The highest BCUT2D eigenvalue weighted by Crippen LogP contribution is 2.33. The topological polar surface area (TPSA) is 145 Å². The Kier molecular flexibility index (Phi) is 6.23. The van der Waals surface area contributed by atoms with E-state index >= 15 is 0 Å². The first-order valence-corrected chi connectivity index (χ1v) is 5.05. The van der Waals surface area contributed by atoms with Gasteiger partial charge in [-0.05, 0) is 0 Å². The molecule has 70 valence electrons. The van der Waals surface area contributed by atoms with Crippen LogP contribution in [0.4, 0.5) is 0 Å². The van der Waals surface area contributed by atoms with Crippen LogP contribution in [0.5, 0.6) is 0 Å². The quantitative estimate of drug-likeness (QED) is 0.339. The van der Waals surface area contributed by atoms with Gasteiger partial charge in [-0.2, -0.15) is 0 Å². The van der Waals surface area contributed by atoms with Crippen LogP contribution < -0.4 is 0 Å². The van der Waals surface area contributed by atoms with E-state index < -0.39 is 15.6 Å². The molecular weight excluding hydrogens is 202 g/mol. The van der Waals surface area contributed by atoms with Crippen molar-refractivity contribution < 1.29 is 38.1 Å². The SMILES string of the molecule is COP(=O)(O)O.O=P(O)(O)O. The Bertz CT molecular complexity index is 164. The average molecular weight is 210 g/mol. The maximum atomic E-state index is 9.47. The molecule has 0 radical (unpaired) electrons. The molecule has 10 heteroatoms. The molecule has 0 aliphatic carbocycles. The van der Waals surface area contributed by atoms with Crippen molar-refractivity contribution in [3.63, 3.8) is 0 Å². The van der Waals surface area contributed by atoms with Crippen molar-refractivity contribution in [2.24, 2.45) is 0 Å². The van der Waals surface area contributed by atoms with E-state index in [0.717, 1.165) is 7.11 Å². The van der Waals surface area contributed by atoms with E-state index in [-0.39, 0.29) is 0 Å². The lowest BCUT2D eigenvalue weighted by Gasteiger charge is -1.93. The molecular formula is CH8O8P2. The molecule has 0 rings (SSSR count). The summed E-state index contributed by atoms with van der Waals surface area (Å²) in [6, 6.07) is 0. The summed E-state index contributed by atoms with van der Waals surface area (Å²) >= 11 is 0. The van der Waals surface area contributed by atoms with E-state index in [4.69, 9.17) is 29.0 Å². The maximum absolute atomic E-state index is 9.47. The Morgan fingerprint density at radius 1 is 1.00 bits per heavy atom. The molecule has 0 heterocycles. The third kappa shape index (κ3) is 66.6. The van der Waals surface area contributed by atoms with E-state index in [1.807, 2.05) is 0 Å². The van der Waals surface area contributed by atoms with E-state index in [0.29, 0.717) is 0 Å². The first kappa shape index (κ1) is 13.8. The van der Waals surface area contributed by atoms with Gasteiger partial charge in [-0.1, -0.05) is 0 Å². The fourth-order valence-electron chi connectivity index (χ4n) is 0. The Balaban J connectivity index is 0. The maximum Gasteiger partial charge on any atom is 0.469 e. The summed E-state index contributed by atoms with van der Waals surface area (Å²) in [7, 11) is -7.84. The van der Waals surface area contributed by atoms with Gasteiger partial charge >= 0.3 is 15.6 Å². The highest BCUT2D eigenvalue weighted by molar-refractivity contribution is 7.46. The molecule has 0 amide bonds. The summed E-state index contributed by atoms with van der Waals surface area (Å²) in [5.41, 5.74) is 0. The second kappa shape index (κ2) is 4.97. The Labute approximate surface area is 61.9 Å². The Morgan fingerprint density at radius 2 is 1.09 bits per heavy atom. The number of phosphoric acid groups is 2. The van der Waals surface area contributed by atoms with E-state index in [1.54, 1.807) is 0 Å². The summed E-state index contributed by atoms with van der Waals surface area (Å²) < 4.78 is 22.0. The summed E-state index contributed by atoms with van der Waals surface area (Å²) in [4.78, 5) is 37.0. The van der Waals surface area contributed by atoms with Gasteiger partial charge in [0.2, 0.25) is 0 Å². The Morgan fingerprint density at radius 3 is 1.09 bits per heavy atom. The zero-order chi connectivity index (χ0) is 9.71. The number of rotatable bonds is 1. The molecule has 11 heavy (non-hydrogen) atoms. The van der Waals surface area contributed by atoms with Crippen molar-refractivity contribution >= 4 is 15.6 Å². The van der Waals surface area contributed by atoms with Gasteiger partial charge in [0.1, 0.15) is 0 Å². The third-order valence-corrected chi connectivity index (χ3v) is 0.714. The van der Waals surface area contributed by atoms with E-state index in [9.17, 15) is 4.57 Å². The van der Waals surface area contributed by atoms with Crippen LogP contribution in [0.1, 0.15) is 0 Å². The molecule has 0 spiro atoms. The summed E-state index contributed by atoms with van der Waals surface area (Å²) in [6.07, 6.45) is 0. The zero-order valence-electron chi connectivity index (χ0n) is 5.36. The number of hydrogen-bond acceptors (Lipinski definition) is 3. The second-order valence-electron chi connectivity index (χ2n) is 1.19. The lowest BCUT2D eigenvalue weighted by Crippen LogP contribution is -1.76. The molecule has 0 aromatic carbocycles. The fourth-order valence-corrected chi connectivity index (χ4v) is 0. The molecule has 0 bridgehead atoms. The van der Waals surface area contributed by atoms with Gasteiger partial charge < -0.3 is 24.5 Å². The monoisotopic (exact) mass is 210 g/mol. The first-order chi connectivity index (χ1) is 4.56. The molecule has 0 saturated heterocycles. The zero-order valence-corrected chi connectivity index (χ0v) is 7.14. The highest BCUT2D eigenvalue weighted by Gasteiger charge is 2.07. The van der Waals surface area contributed by atoms with Gasteiger partial charge in [0.15, 0.2) is 0 Å². The van der Waals surface area contributed by atoms with Gasteiger partial charge in [0.05, 0.1) is 0 Å². The third-order valence-electron chi connectivity index (χ3n) is 0.238. The molecule has 0 atom stereocenters. The summed E-state index contributed by atoms with van der Waals surface area (Å²) in [5, 5.41) is 0. The van der Waals surface area contributed by atoms with Gasteiger partial charge in [-0.15, -0.1) is 0 Å². The van der Waals surface area contributed by atoms with Crippen LogP contribution in [0, 0.1) is 0 Å². The normalized spacial score (nSPS) is 11.8. The molecule has 0 aromatic heterocycles. The number of hydrogen-bond donors (Lipinski definition) is 5. The van der Waals surface area contributed by atoms with Crippen LogP contribution in [0.15, 0.2) is 0 Å². The van der Waals surface area contributed by atoms with Crippen LogP contribution in [-0.2, 0) is 13.7 Å². The minimum Gasteiger partial charge on any atom is -0.303 e. The summed E-state index contributed by atoms with van der Waals surface area (Å²) in [5.74, 6) is 0. The van der Waals surface area contributed by atoms with E-state index in [2.05, 4.69) is 4.52 Å². The number of phosphoric ester groups is 1. The molecule has 0 unspecified atom stereocenters. The van der Waals surface area contributed by atoms with Crippen LogP contribution in [0.3, 0.4) is 0 Å². The Hall–Kier alpha value is 0.220. The van der Waals surface area contributed by atoms with Crippen LogP contribution in [0.25, 0.3) is 0 Å². The molecule has 0 aliphatic rings. The van der Waals surface area contributed by atoms with Crippen molar-refractivity contribution in [1.82, 2.24) is 0 Å². The molecule has 8 nitrogen and oxygen atoms in total. The predicted molar refractivity (Wildman–Crippen MR) is 33.3 cm³/mol. The standard InChI is InChI=1S/CH5O4P.H3O4P/c1-5-6(2,3)4;1-5(2,3)4/h1H3,(H2,2,3,4);(H3,1,2,3,4). The first-order valence-electron chi connectivity index (χ1n) is 1.96. The minimum atomic E-state index is -4.64. The molecule has 5 N–H and O–H groups in total. The molecule has 0 saturated carbocycles. The van der Waals surface area contributed by atoms with Crippen molar-refractivity contribution in [3.8, 4) is 0 Å². The summed E-state index contributed by atoms with van der Waals surface area (Å²) in [6.45, 7) is 0. The molecule has 0 fully saturated rings. The molecule has 0 aromatic rings. The van der Waals surface area contributed by atoms with Crippen LogP contribution in [-0.4, -0.2) is 31.6 Å². The van der Waals surface area contributed by atoms with Gasteiger partial charge in [-0.25, -0.2) is 9.13 Å². The van der Waals surface area contributed by atoms with E-state index in [1.165, 1.54) is 0 Å². The van der Waals surface area contributed by atoms with Gasteiger partial charge in [-0.3, -0.25) is 4.52 Å². The molecule has 0 aliphatic heterocycles. The van der Waals surface area contributed by atoms with Gasteiger partial charge in [0, 0.05) is 7.11 Å². The van der Waals surface area contributed by atoms with Crippen molar-refractivity contribution in [1.29, 1.82) is 0 Å². The lowest BCUT2D eigenvalue weighted by atomic mass is 11.8. The predicted octanol–water partition coefficient (Wildman–Crippen LogP) is -1.20. The second-order valence-corrected chi connectivity index (χ2v) is 3.56. The largest absolute Gasteiger partial charge is 0.469 e. The lowest BCUT2D eigenvalue weighted by molar-refractivity contribution is 0.235. The van der Waals surface area contributed by atoms with Crippen molar-refractivity contribution in [2.75, 3.05) is 7.11 Å².